The van der Waals surface area contributed by atoms with Crippen molar-refractivity contribution in [3.8, 4) is 6.07 Å². The number of nitriles is 1. The molecule has 0 bridgehead atoms. The van der Waals surface area contributed by atoms with E-state index in [0.717, 1.165) is 16.5 Å². The van der Waals surface area contributed by atoms with Crippen molar-refractivity contribution < 1.29 is 9.53 Å². The van der Waals surface area contributed by atoms with E-state index in [0.29, 0.717) is 42.6 Å². The highest BCUT2D eigenvalue weighted by atomic mass is 32.2. The van der Waals surface area contributed by atoms with Crippen LogP contribution in [0.25, 0.3) is 10.9 Å². The van der Waals surface area contributed by atoms with E-state index in [-0.39, 0.29) is 5.91 Å². The number of benzene rings is 1. The molecule has 0 aliphatic carbocycles. The molecule has 23 heavy (non-hydrogen) atoms. The molecule has 6 heteroatoms. The Labute approximate surface area is 139 Å². The summed E-state index contributed by atoms with van der Waals surface area (Å²) in [6, 6.07) is 9.92. The summed E-state index contributed by atoms with van der Waals surface area (Å²) in [6.07, 6.45) is 0. The predicted molar refractivity (Wildman–Crippen MR) is 89.3 cm³/mol. The number of thioether (sulfide) groups is 1. The standard InChI is InChI=1S/C17H17N3O2S/c1-12-3-2-4-13-9-14(10-18)17(19-16(12)13)23-11-15(21)20-5-7-22-8-6-20/h2-4,9H,5-8,11H2,1H3. The van der Waals surface area contributed by atoms with Crippen LogP contribution in [-0.2, 0) is 9.53 Å². The van der Waals surface area contributed by atoms with Crippen molar-refractivity contribution >= 4 is 28.6 Å². The van der Waals surface area contributed by atoms with Crippen molar-refractivity contribution in [2.45, 2.75) is 11.9 Å². The first-order valence-corrected chi connectivity index (χ1v) is 8.46. The Balaban J connectivity index is 1.80. The van der Waals surface area contributed by atoms with Crippen molar-refractivity contribution in [3.63, 3.8) is 0 Å². The van der Waals surface area contributed by atoms with Crippen LogP contribution in [0.3, 0.4) is 0 Å². The average molecular weight is 327 g/mol. The quantitative estimate of drug-likeness (QED) is 0.810. The Hall–Kier alpha value is -2.10. The predicted octanol–water partition coefficient (Wildman–Crippen LogP) is 2.37. The van der Waals surface area contributed by atoms with Gasteiger partial charge in [0, 0.05) is 18.5 Å². The summed E-state index contributed by atoms with van der Waals surface area (Å²) in [4.78, 5) is 18.6. The molecule has 1 aliphatic heterocycles. The number of para-hydroxylation sites is 1. The topological polar surface area (TPSA) is 66.2 Å². The molecular weight excluding hydrogens is 310 g/mol. The Morgan fingerprint density at radius 1 is 1.43 bits per heavy atom. The summed E-state index contributed by atoms with van der Waals surface area (Å²) in [6.45, 7) is 4.44. The summed E-state index contributed by atoms with van der Waals surface area (Å²) in [7, 11) is 0. The lowest BCUT2D eigenvalue weighted by atomic mass is 10.1. The second kappa shape index (κ2) is 6.99. The third kappa shape index (κ3) is 3.46. The van der Waals surface area contributed by atoms with Gasteiger partial charge in [0.1, 0.15) is 11.1 Å². The lowest BCUT2D eigenvalue weighted by Gasteiger charge is -2.26. The van der Waals surface area contributed by atoms with Gasteiger partial charge in [-0.2, -0.15) is 5.26 Å². The minimum atomic E-state index is 0.0638. The first-order valence-electron chi connectivity index (χ1n) is 7.48. The SMILES string of the molecule is Cc1cccc2cc(C#N)c(SCC(=O)N3CCOCC3)nc12. The second-order valence-corrected chi connectivity index (χ2v) is 6.35. The Morgan fingerprint density at radius 2 is 2.22 bits per heavy atom. The lowest BCUT2D eigenvalue weighted by molar-refractivity contribution is -0.132. The van der Waals surface area contributed by atoms with E-state index in [1.54, 1.807) is 4.90 Å². The highest BCUT2D eigenvalue weighted by Gasteiger charge is 2.18. The van der Waals surface area contributed by atoms with Crippen LogP contribution in [0.1, 0.15) is 11.1 Å². The molecule has 1 aromatic carbocycles. The molecule has 0 spiro atoms. The molecule has 1 saturated heterocycles. The van der Waals surface area contributed by atoms with Crippen molar-refractivity contribution in [2.75, 3.05) is 32.1 Å². The number of carbonyl (C=O) groups excluding carboxylic acids is 1. The monoisotopic (exact) mass is 327 g/mol. The van der Waals surface area contributed by atoms with Crippen LogP contribution in [0.5, 0.6) is 0 Å². The van der Waals surface area contributed by atoms with E-state index in [1.165, 1.54) is 11.8 Å². The molecule has 0 N–H and O–H groups in total. The number of ether oxygens (including phenoxy) is 1. The first kappa shape index (κ1) is 15.8. The van der Waals surface area contributed by atoms with Gasteiger partial charge in [0.2, 0.25) is 5.91 Å². The zero-order chi connectivity index (χ0) is 16.2. The third-order valence-electron chi connectivity index (χ3n) is 3.83. The van der Waals surface area contributed by atoms with Gasteiger partial charge in [0.15, 0.2) is 0 Å². The van der Waals surface area contributed by atoms with Crippen molar-refractivity contribution in [1.29, 1.82) is 5.26 Å². The number of aryl methyl sites for hydroxylation is 1. The lowest BCUT2D eigenvalue weighted by Crippen LogP contribution is -2.41. The van der Waals surface area contributed by atoms with Gasteiger partial charge in [-0.1, -0.05) is 30.0 Å². The number of hydrogen-bond donors (Lipinski definition) is 0. The van der Waals surface area contributed by atoms with E-state index in [9.17, 15) is 10.1 Å². The minimum Gasteiger partial charge on any atom is -0.378 e. The van der Waals surface area contributed by atoms with Crippen LogP contribution in [0.4, 0.5) is 0 Å². The summed E-state index contributed by atoms with van der Waals surface area (Å²) >= 11 is 1.33. The van der Waals surface area contributed by atoms with E-state index in [4.69, 9.17) is 4.74 Å². The number of rotatable bonds is 3. The number of nitrogens with zero attached hydrogens (tertiary/aromatic N) is 3. The molecule has 118 valence electrons. The van der Waals surface area contributed by atoms with Crippen LogP contribution in [0.15, 0.2) is 29.3 Å². The molecule has 0 atom stereocenters. The molecule has 1 fully saturated rings. The normalized spacial score (nSPS) is 14.7. The van der Waals surface area contributed by atoms with Gasteiger partial charge in [-0.15, -0.1) is 0 Å². The van der Waals surface area contributed by atoms with Crippen molar-refractivity contribution in [1.82, 2.24) is 9.88 Å². The van der Waals surface area contributed by atoms with E-state index >= 15 is 0 Å². The number of aromatic nitrogens is 1. The number of pyridine rings is 1. The molecule has 2 aromatic rings. The molecule has 0 saturated carbocycles. The van der Waals surface area contributed by atoms with Crippen molar-refractivity contribution in [3.05, 3.63) is 35.4 Å². The van der Waals surface area contributed by atoms with E-state index < -0.39 is 0 Å². The maximum Gasteiger partial charge on any atom is 0.233 e. The fourth-order valence-electron chi connectivity index (χ4n) is 2.55. The first-order chi connectivity index (χ1) is 11.2. The fraction of sp³-hybridized carbons (Fsp3) is 0.353. The van der Waals surface area contributed by atoms with Crippen LogP contribution in [-0.4, -0.2) is 47.8 Å². The highest BCUT2D eigenvalue weighted by molar-refractivity contribution is 8.00. The number of carbonyl (C=O) groups is 1. The van der Waals surface area contributed by atoms with E-state index in [1.807, 2.05) is 31.2 Å². The summed E-state index contributed by atoms with van der Waals surface area (Å²) < 4.78 is 5.25. The number of morpholine rings is 1. The van der Waals surface area contributed by atoms with E-state index in [2.05, 4.69) is 11.1 Å². The maximum atomic E-state index is 12.2. The van der Waals surface area contributed by atoms with Gasteiger partial charge in [0.05, 0.1) is 30.0 Å². The third-order valence-corrected chi connectivity index (χ3v) is 4.81. The minimum absolute atomic E-state index is 0.0638. The van der Waals surface area contributed by atoms with Gasteiger partial charge in [-0.05, 0) is 18.6 Å². The highest BCUT2D eigenvalue weighted by Crippen LogP contribution is 2.26. The van der Waals surface area contributed by atoms with Gasteiger partial charge < -0.3 is 9.64 Å². The van der Waals surface area contributed by atoms with Gasteiger partial charge in [0.25, 0.3) is 0 Å². The molecular formula is C17H17N3O2S. The molecule has 3 rings (SSSR count). The molecule has 1 aliphatic rings. The van der Waals surface area contributed by atoms with Gasteiger partial charge >= 0.3 is 0 Å². The molecule has 2 heterocycles. The van der Waals surface area contributed by atoms with Gasteiger partial charge in [-0.3, -0.25) is 4.79 Å². The van der Waals surface area contributed by atoms with Crippen LogP contribution in [0.2, 0.25) is 0 Å². The molecule has 5 nitrogen and oxygen atoms in total. The maximum absolute atomic E-state index is 12.2. The Bertz CT molecular complexity index is 779. The molecule has 0 unspecified atom stereocenters. The average Bonchev–Trinajstić information content (AvgIpc) is 2.60. The largest absolute Gasteiger partial charge is 0.378 e. The summed E-state index contributed by atoms with van der Waals surface area (Å²) in [5.41, 5.74) is 2.46. The molecule has 1 aromatic heterocycles. The Kier molecular flexibility index (Phi) is 4.79. The fourth-order valence-corrected chi connectivity index (χ4v) is 3.41. The van der Waals surface area contributed by atoms with Crippen LogP contribution >= 0.6 is 11.8 Å². The Morgan fingerprint density at radius 3 is 2.96 bits per heavy atom. The number of amides is 1. The number of hydrogen-bond acceptors (Lipinski definition) is 5. The van der Waals surface area contributed by atoms with Crippen molar-refractivity contribution in [2.24, 2.45) is 0 Å². The molecule has 1 amide bonds. The zero-order valence-electron chi connectivity index (χ0n) is 12.9. The number of fused-ring (bicyclic) bond motifs is 1. The van der Waals surface area contributed by atoms with Gasteiger partial charge in [-0.25, -0.2) is 4.98 Å². The van der Waals surface area contributed by atoms with Crippen LogP contribution < -0.4 is 0 Å². The molecule has 0 radical (unpaired) electrons. The summed E-state index contributed by atoms with van der Waals surface area (Å²) in [5, 5.41) is 10.9. The van der Waals surface area contributed by atoms with Crippen LogP contribution in [0, 0.1) is 18.3 Å². The second-order valence-electron chi connectivity index (χ2n) is 5.38. The summed E-state index contributed by atoms with van der Waals surface area (Å²) in [5.74, 6) is 0.355. The smallest absolute Gasteiger partial charge is 0.233 e. The zero-order valence-corrected chi connectivity index (χ0v) is 13.7.